The van der Waals surface area contributed by atoms with Crippen LogP contribution in [0.2, 0.25) is 0 Å². The van der Waals surface area contributed by atoms with Gasteiger partial charge in [0.25, 0.3) is 0 Å². The minimum absolute atomic E-state index is 0.695. The Bertz CT molecular complexity index is 312. The first-order valence-corrected chi connectivity index (χ1v) is 6.53. The molecule has 0 fully saturated rings. The third kappa shape index (κ3) is 5.85. The standard InChI is InChI=1S/C15H25NO/c1-4-6-13(2)10-16-11-14-7-5-8-15(9-14)12-17-3/h5,7-9,13,16H,4,6,10-12H2,1-3H3. The molecule has 0 heterocycles. The number of hydrogen-bond donors (Lipinski definition) is 1. The fourth-order valence-corrected chi connectivity index (χ4v) is 2.05. The molecule has 1 aromatic carbocycles. The molecule has 0 aliphatic rings. The number of nitrogens with one attached hydrogen (secondary N) is 1. The van der Waals surface area contributed by atoms with Gasteiger partial charge in [0, 0.05) is 13.7 Å². The van der Waals surface area contributed by atoms with Gasteiger partial charge in [-0.2, -0.15) is 0 Å². The first-order valence-electron chi connectivity index (χ1n) is 6.53. The second kappa shape index (κ2) is 8.26. The van der Waals surface area contributed by atoms with Crippen LogP contribution in [0, 0.1) is 5.92 Å². The van der Waals surface area contributed by atoms with E-state index in [0.29, 0.717) is 6.61 Å². The van der Waals surface area contributed by atoms with E-state index in [1.54, 1.807) is 7.11 Å². The minimum Gasteiger partial charge on any atom is -0.380 e. The van der Waals surface area contributed by atoms with E-state index < -0.39 is 0 Å². The van der Waals surface area contributed by atoms with Gasteiger partial charge in [-0.3, -0.25) is 0 Å². The Labute approximate surface area is 105 Å². The van der Waals surface area contributed by atoms with Crippen LogP contribution in [-0.2, 0) is 17.9 Å². The second-order valence-electron chi connectivity index (χ2n) is 4.78. The Morgan fingerprint density at radius 2 is 2.06 bits per heavy atom. The van der Waals surface area contributed by atoms with E-state index in [0.717, 1.165) is 19.0 Å². The highest BCUT2D eigenvalue weighted by molar-refractivity contribution is 5.22. The Kier molecular flexibility index (Phi) is 6.90. The molecule has 0 saturated carbocycles. The lowest BCUT2D eigenvalue weighted by molar-refractivity contribution is 0.185. The average Bonchev–Trinajstić information content (AvgIpc) is 2.30. The molecule has 1 aromatic rings. The molecular weight excluding hydrogens is 210 g/mol. The van der Waals surface area contributed by atoms with Crippen LogP contribution in [-0.4, -0.2) is 13.7 Å². The zero-order valence-corrected chi connectivity index (χ0v) is 11.3. The van der Waals surface area contributed by atoms with Crippen molar-refractivity contribution in [2.45, 2.75) is 39.8 Å². The van der Waals surface area contributed by atoms with Gasteiger partial charge in [0.2, 0.25) is 0 Å². The van der Waals surface area contributed by atoms with E-state index >= 15 is 0 Å². The second-order valence-corrected chi connectivity index (χ2v) is 4.78. The van der Waals surface area contributed by atoms with E-state index in [4.69, 9.17) is 4.74 Å². The molecule has 1 N–H and O–H groups in total. The van der Waals surface area contributed by atoms with Gasteiger partial charge in [-0.25, -0.2) is 0 Å². The molecule has 1 atom stereocenters. The smallest absolute Gasteiger partial charge is 0.0713 e. The molecule has 1 unspecified atom stereocenters. The first-order chi connectivity index (χ1) is 8.26. The van der Waals surface area contributed by atoms with Gasteiger partial charge in [0.05, 0.1) is 6.61 Å². The van der Waals surface area contributed by atoms with Gasteiger partial charge in [-0.15, -0.1) is 0 Å². The van der Waals surface area contributed by atoms with Crippen LogP contribution in [0.5, 0.6) is 0 Å². The van der Waals surface area contributed by atoms with Crippen molar-refractivity contribution in [3.05, 3.63) is 35.4 Å². The number of hydrogen-bond acceptors (Lipinski definition) is 2. The molecule has 0 aliphatic carbocycles. The average molecular weight is 235 g/mol. The molecule has 0 bridgehead atoms. The lowest BCUT2D eigenvalue weighted by Crippen LogP contribution is -2.20. The first kappa shape index (κ1) is 14.2. The Morgan fingerprint density at radius 1 is 1.29 bits per heavy atom. The summed E-state index contributed by atoms with van der Waals surface area (Å²) in [4.78, 5) is 0. The van der Waals surface area contributed by atoms with Gasteiger partial charge in [0.1, 0.15) is 0 Å². The summed E-state index contributed by atoms with van der Waals surface area (Å²) in [7, 11) is 1.73. The SMILES string of the molecule is CCCC(C)CNCc1cccc(COC)c1. The molecule has 2 nitrogen and oxygen atoms in total. The largest absolute Gasteiger partial charge is 0.380 e. The molecule has 0 aliphatic heterocycles. The highest BCUT2D eigenvalue weighted by Crippen LogP contribution is 2.07. The van der Waals surface area contributed by atoms with E-state index in [9.17, 15) is 0 Å². The predicted molar refractivity (Wildman–Crippen MR) is 72.9 cm³/mol. The summed E-state index contributed by atoms with van der Waals surface area (Å²) in [5.41, 5.74) is 2.58. The Balaban J connectivity index is 2.33. The zero-order chi connectivity index (χ0) is 12.5. The van der Waals surface area contributed by atoms with E-state index in [-0.39, 0.29) is 0 Å². The molecule has 0 radical (unpaired) electrons. The lowest BCUT2D eigenvalue weighted by atomic mass is 10.1. The summed E-state index contributed by atoms with van der Waals surface area (Å²) in [6.45, 7) is 7.29. The molecule has 2 heteroatoms. The van der Waals surface area contributed by atoms with Crippen molar-refractivity contribution in [3.8, 4) is 0 Å². The zero-order valence-electron chi connectivity index (χ0n) is 11.3. The van der Waals surface area contributed by atoms with Crippen LogP contribution in [0.15, 0.2) is 24.3 Å². The van der Waals surface area contributed by atoms with E-state index in [2.05, 4.69) is 43.4 Å². The summed E-state index contributed by atoms with van der Waals surface area (Å²) in [5.74, 6) is 0.766. The highest BCUT2D eigenvalue weighted by Gasteiger charge is 2.00. The Hall–Kier alpha value is -0.860. The number of rotatable bonds is 8. The summed E-state index contributed by atoms with van der Waals surface area (Å²) >= 11 is 0. The number of benzene rings is 1. The molecule has 0 aromatic heterocycles. The van der Waals surface area contributed by atoms with Crippen LogP contribution in [0.4, 0.5) is 0 Å². The summed E-state index contributed by atoms with van der Waals surface area (Å²) in [6.07, 6.45) is 2.57. The van der Waals surface area contributed by atoms with Gasteiger partial charge in [-0.1, -0.05) is 44.5 Å². The molecule has 0 spiro atoms. The highest BCUT2D eigenvalue weighted by atomic mass is 16.5. The fraction of sp³-hybridized carbons (Fsp3) is 0.600. The maximum Gasteiger partial charge on any atom is 0.0713 e. The molecule has 1 rings (SSSR count). The third-order valence-corrected chi connectivity index (χ3v) is 2.91. The quantitative estimate of drug-likeness (QED) is 0.746. The van der Waals surface area contributed by atoms with Crippen molar-refractivity contribution in [2.24, 2.45) is 5.92 Å². The minimum atomic E-state index is 0.695. The van der Waals surface area contributed by atoms with Gasteiger partial charge >= 0.3 is 0 Å². The normalized spacial score (nSPS) is 12.6. The van der Waals surface area contributed by atoms with Crippen molar-refractivity contribution in [2.75, 3.05) is 13.7 Å². The molecule has 96 valence electrons. The molecular formula is C15H25NO. The van der Waals surface area contributed by atoms with Crippen molar-refractivity contribution >= 4 is 0 Å². The molecule has 17 heavy (non-hydrogen) atoms. The number of ether oxygens (including phenoxy) is 1. The van der Waals surface area contributed by atoms with Crippen molar-refractivity contribution in [1.29, 1.82) is 0 Å². The van der Waals surface area contributed by atoms with Crippen LogP contribution in [0.25, 0.3) is 0 Å². The maximum absolute atomic E-state index is 5.14. The van der Waals surface area contributed by atoms with Crippen molar-refractivity contribution in [3.63, 3.8) is 0 Å². The molecule has 0 amide bonds. The monoisotopic (exact) mass is 235 g/mol. The summed E-state index contributed by atoms with van der Waals surface area (Å²) in [6, 6.07) is 8.57. The van der Waals surface area contributed by atoms with Crippen LogP contribution in [0.1, 0.15) is 37.8 Å². The predicted octanol–water partition coefficient (Wildman–Crippen LogP) is 3.36. The summed E-state index contributed by atoms with van der Waals surface area (Å²) in [5, 5.41) is 3.51. The van der Waals surface area contributed by atoms with E-state index in [1.165, 1.54) is 24.0 Å². The van der Waals surface area contributed by atoms with Crippen molar-refractivity contribution in [1.82, 2.24) is 5.32 Å². The van der Waals surface area contributed by atoms with Gasteiger partial charge < -0.3 is 10.1 Å². The number of methoxy groups -OCH3 is 1. The van der Waals surface area contributed by atoms with Crippen LogP contribution < -0.4 is 5.32 Å². The van der Waals surface area contributed by atoms with Crippen LogP contribution in [0.3, 0.4) is 0 Å². The summed E-state index contributed by atoms with van der Waals surface area (Å²) < 4.78 is 5.14. The van der Waals surface area contributed by atoms with Crippen LogP contribution >= 0.6 is 0 Å². The Morgan fingerprint density at radius 3 is 2.76 bits per heavy atom. The maximum atomic E-state index is 5.14. The van der Waals surface area contributed by atoms with Crippen molar-refractivity contribution < 1.29 is 4.74 Å². The van der Waals surface area contributed by atoms with E-state index in [1.807, 2.05) is 0 Å². The van der Waals surface area contributed by atoms with Gasteiger partial charge in [-0.05, 0) is 30.0 Å². The third-order valence-electron chi connectivity index (χ3n) is 2.91. The lowest BCUT2D eigenvalue weighted by Gasteiger charge is -2.11. The molecule has 0 saturated heterocycles. The van der Waals surface area contributed by atoms with Gasteiger partial charge in [0.15, 0.2) is 0 Å². The topological polar surface area (TPSA) is 21.3 Å². The fourth-order valence-electron chi connectivity index (χ4n) is 2.05.